The van der Waals surface area contributed by atoms with Crippen LogP contribution in [0.2, 0.25) is 5.02 Å². The minimum atomic E-state index is -0.233. The lowest BCUT2D eigenvalue weighted by Crippen LogP contribution is -2.27. The van der Waals surface area contributed by atoms with E-state index in [-0.39, 0.29) is 11.9 Å². The molecule has 0 N–H and O–H groups in total. The molecule has 2 heterocycles. The van der Waals surface area contributed by atoms with Crippen molar-refractivity contribution in [2.45, 2.75) is 25.4 Å². The van der Waals surface area contributed by atoms with E-state index >= 15 is 0 Å². The van der Waals surface area contributed by atoms with Crippen molar-refractivity contribution in [1.29, 1.82) is 0 Å². The van der Waals surface area contributed by atoms with Crippen LogP contribution in [-0.4, -0.2) is 28.1 Å². The Hall–Kier alpha value is -2.86. The number of amides is 1. The number of aromatic nitrogens is 2. The fraction of sp³-hybridized carbons (Fsp3) is 0.250. The minimum absolute atomic E-state index is 0.0705. The Balaban J connectivity index is 1.58. The molecule has 2 aromatic carbocycles. The number of nitrogens with zero attached hydrogens (tertiary/aromatic N) is 3. The van der Waals surface area contributed by atoms with Gasteiger partial charge in [-0.3, -0.25) is 4.79 Å². The summed E-state index contributed by atoms with van der Waals surface area (Å²) in [5, 5.41) is 4.73. The van der Waals surface area contributed by atoms with Crippen molar-refractivity contribution in [3.8, 4) is 17.1 Å². The second-order valence-corrected chi connectivity index (χ2v) is 6.83. The van der Waals surface area contributed by atoms with E-state index in [4.69, 9.17) is 20.9 Å². The third-order valence-corrected chi connectivity index (χ3v) is 4.86. The number of methoxy groups -OCH3 is 1. The van der Waals surface area contributed by atoms with Crippen LogP contribution in [0.3, 0.4) is 0 Å². The molecule has 138 valence electrons. The molecule has 4 rings (SSSR count). The molecule has 3 aromatic rings. The number of benzene rings is 2. The summed E-state index contributed by atoms with van der Waals surface area (Å²) in [4.78, 5) is 18.7. The highest BCUT2D eigenvalue weighted by Crippen LogP contribution is 2.34. The van der Waals surface area contributed by atoms with Crippen LogP contribution in [-0.2, 0) is 11.3 Å². The van der Waals surface area contributed by atoms with Gasteiger partial charge < -0.3 is 14.2 Å². The van der Waals surface area contributed by atoms with Crippen LogP contribution in [0, 0.1) is 0 Å². The van der Waals surface area contributed by atoms with Crippen LogP contribution in [0.25, 0.3) is 11.4 Å². The fourth-order valence-electron chi connectivity index (χ4n) is 3.27. The second kappa shape index (κ2) is 7.40. The van der Waals surface area contributed by atoms with Gasteiger partial charge in [0.1, 0.15) is 11.8 Å². The summed E-state index contributed by atoms with van der Waals surface area (Å²) in [6, 6.07) is 14.7. The number of hydrogen-bond donors (Lipinski definition) is 0. The topological polar surface area (TPSA) is 68.5 Å². The summed E-state index contributed by atoms with van der Waals surface area (Å²) in [6.45, 7) is 0.459. The number of rotatable bonds is 5. The monoisotopic (exact) mass is 383 g/mol. The van der Waals surface area contributed by atoms with Crippen LogP contribution >= 0.6 is 11.6 Å². The number of carbonyl (C=O) groups is 1. The maximum absolute atomic E-state index is 12.4. The Kier molecular flexibility index (Phi) is 4.81. The SMILES string of the molecule is COc1cccc(-c2noc(C3CCC(=O)N3Cc3cccc(Cl)c3)n2)c1. The number of halogens is 1. The third-order valence-electron chi connectivity index (χ3n) is 4.62. The first-order valence-corrected chi connectivity index (χ1v) is 9.04. The molecule has 1 amide bonds. The summed E-state index contributed by atoms with van der Waals surface area (Å²) in [6.07, 6.45) is 1.11. The lowest BCUT2D eigenvalue weighted by Gasteiger charge is -2.22. The zero-order chi connectivity index (χ0) is 18.8. The Bertz CT molecular complexity index is 972. The first kappa shape index (κ1) is 17.5. The number of ether oxygens (including phenoxy) is 1. The quantitative estimate of drug-likeness (QED) is 0.658. The lowest BCUT2D eigenvalue weighted by molar-refractivity contribution is -0.129. The minimum Gasteiger partial charge on any atom is -0.497 e. The van der Waals surface area contributed by atoms with E-state index in [0.717, 1.165) is 16.9 Å². The first-order chi connectivity index (χ1) is 13.1. The number of hydrogen-bond acceptors (Lipinski definition) is 5. The lowest BCUT2D eigenvalue weighted by atomic mass is 10.1. The summed E-state index contributed by atoms with van der Waals surface area (Å²) in [7, 11) is 1.61. The predicted molar refractivity (Wildman–Crippen MR) is 100 cm³/mol. The van der Waals surface area contributed by atoms with E-state index in [9.17, 15) is 4.79 Å². The molecule has 1 unspecified atom stereocenters. The van der Waals surface area contributed by atoms with E-state index < -0.39 is 0 Å². The van der Waals surface area contributed by atoms with Crippen molar-refractivity contribution in [3.63, 3.8) is 0 Å². The molecular formula is C20H18ClN3O3. The molecule has 1 saturated heterocycles. The van der Waals surface area contributed by atoms with Crippen molar-refractivity contribution < 1.29 is 14.1 Å². The van der Waals surface area contributed by atoms with E-state index in [1.807, 2.05) is 48.5 Å². The van der Waals surface area contributed by atoms with Crippen LogP contribution in [0.1, 0.15) is 30.3 Å². The molecule has 7 heteroatoms. The van der Waals surface area contributed by atoms with Gasteiger partial charge in [-0.15, -0.1) is 0 Å². The summed E-state index contributed by atoms with van der Waals surface area (Å²) in [5.74, 6) is 1.71. The Morgan fingerprint density at radius 2 is 2.11 bits per heavy atom. The van der Waals surface area contributed by atoms with Gasteiger partial charge in [0.05, 0.1) is 7.11 Å². The Morgan fingerprint density at radius 3 is 2.93 bits per heavy atom. The molecule has 0 radical (unpaired) electrons. The average Bonchev–Trinajstić information content (AvgIpc) is 3.30. The van der Waals surface area contributed by atoms with Crippen LogP contribution in [0.5, 0.6) is 5.75 Å². The van der Waals surface area contributed by atoms with Gasteiger partial charge in [0, 0.05) is 23.6 Å². The molecule has 0 spiro atoms. The van der Waals surface area contributed by atoms with E-state index in [0.29, 0.717) is 36.1 Å². The van der Waals surface area contributed by atoms with Gasteiger partial charge in [-0.25, -0.2) is 0 Å². The van der Waals surface area contributed by atoms with Crippen LogP contribution in [0.4, 0.5) is 0 Å². The number of likely N-dealkylation sites (tertiary alicyclic amines) is 1. The largest absolute Gasteiger partial charge is 0.497 e. The molecule has 1 aliphatic heterocycles. The average molecular weight is 384 g/mol. The zero-order valence-corrected chi connectivity index (χ0v) is 15.5. The molecule has 1 atom stereocenters. The van der Waals surface area contributed by atoms with Gasteiger partial charge in [-0.2, -0.15) is 4.98 Å². The highest BCUT2D eigenvalue weighted by atomic mass is 35.5. The van der Waals surface area contributed by atoms with E-state index in [1.54, 1.807) is 12.0 Å². The Labute approximate surface area is 161 Å². The third kappa shape index (κ3) is 3.66. The first-order valence-electron chi connectivity index (χ1n) is 8.66. The van der Waals surface area contributed by atoms with Crippen molar-refractivity contribution >= 4 is 17.5 Å². The second-order valence-electron chi connectivity index (χ2n) is 6.39. The number of carbonyl (C=O) groups excluding carboxylic acids is 1. The van der Waals surface area contributed by atoms with E-state index in [1.165, 1.54) is 0 Å². The van der Waals surface area contributed by atoms with Crippen molar-refractivity contribution in [3.05, 3.63) is 65.0 Å². The van der Waals surface area contributed by atoms with Gasteiger partial charge in [-0.1, -0.05) is 41.0 Å². The van der Waals surface area contributed by atoms with Crippen molar-refractivity contribution in [2.75, 3.05) is 7.11 Å². The maximum atomic E-state index is 12.4. The van der Waals surface area contributed by atoms with Gasteiger partial charge in [0.2, 0.25) is 17.6 Å². The molecule has 0 bridgehead atoms. The predicted octanol–water partition coefficient (Wildman–Crippen LogP) is 4.26. The molecule has 0 aliphatic carbocycles. The molecule has 1 fully saturated rings. The van der Waals surface area contributed by atoms with Crippen LogP contribution < -0.4 is 4.74 Å². The highest BCUT2D eigenvalue weighted by Gasteiger charge is 2.36. The van der Waals surface area contributed by atoms with Crippen LogP contribution in [0.15, 0.2) is 53.1 Å². The smallest absolute Gasteiger partial charge is 0.249 e. The normalized spacial score (nSPS) is 16.7. The van der Waals surface area contributed by atoms with Gasteiger partial charge >= 0.3 is 0 Å². The highest BCUT2D eigenvalue weighted by molar-refractivity contribution is 6.30. The molecule has 1 aliphatic rings. The molecule has 0 saturated carbocycles. The Morgan fingerprint density at radius 1 is 1.26 bits per heavy atom. The summed E-state index contributed by atoms with van der Waals surface area (Å²) < 4.78 is 10.7. The van der Waals surface area contributed by atoms with Gasteiger partial charge in [0.15, 0.2) is 0 Å². The maximum Gasteiger partial charge on any atom is 0.249 e. The summed E-state index contributed by atoms with van der Waals surface area (Å²) >= 11 is 6.06. The molecular weight excluding hydrogens is 366 g/mol. The van der Waals surface area contributed by atoms with Crippen molar-refractivity contribution in [1.82, 2.24) is 15.0 Å². The molecule has 1 aromatic heterocycles. The summed E-state index contributed by atoms with van der Waals surface area (Å²) in [5.41, 5.74) is 1.77. The van der Waals surface area contributed by atoms with Crippen molar-refractivity contribution in [2.24, 2.45) is 0 Å². The fourth-order valence-corrected chi connectivity index (χ4v) is 3.48. The van der Waals surface area contributed by atoms with Gasteiger partial charge in [-0.05, 0) is 36.2 Å². The molecule has 27 heavy (non-hydrogen) atoms. The standard InChI is InChI=1S/C20H18ClN3O3/c1-26-16-7-3-5-14(11-16)19-22-20(27-23-19)17-8-9-18(25)24(17)12-13-4-2-6-15(21)10-13/h2-7,10-11,17H,8-9,12H2,1H3. The van der Waals surface area contributed by atoms with Gasteiger partial charge in [0.25, 0.3) is 0 Å². The van der Waals surface area contributed by atoms with E-state index in [2.05, 4.69) is 10.1 Å². The zero-order valence-electron chi connectivity index (χ0n) is 14.8. The molecule has 6 nitrogen and oxygen atoms in total.